The van der Waals surface area contributed by atoms with Gasteiger partial charge in [-0.2, -0.15) is 0 Å². The van der Waals surface area contributed by atoms with Gasteiger partial charge in [0.1, 0.15) is 12.4 Å². The summed E-state index contributed by atoms with van der Waals surface area (Å²) in [5.74, 6) is -1.03. The van der Waals surface area contributed by atoms with Gasteiger partial charge in [-0.15, -0.1) is 0 Å². The van der Waals surface area contributed by atoms with Gasteiger partial charge in [0.2, 0.25) is 5.91 Å². The summed E-state index contributed by atoms with van der Waals surface area (Å²) in [5, 5.41) is 0. The van der Waals surface area contributed by atoms with E-state index >= 15 is 0 Å². The summed E-state index contributed by atoms with van der Waals surface area (Å²) in [6.07, 6.45) is 2.52. The molecule has 1 aromatic heterocycles. The number of ether oxygens (including phenoxy) is 1. The molecule has 0 radical (unpaired) electrons. The third-order valence-electron chi connectivity index (χ3n) is 5.58. The summed E-state index contributed by atoms with van der Waals surface area (Å²) < 4.78 is 21.1. The minimum atomic E-state index is -0.485. The molecule has 0 spiro atoms. The molecule has 0 saturated heterocycles. The predicted octanol–water partition coefficient (Wildman–Crippen LogP) is 4.26. The van der Waals surface area contributed by atoms with E-state index < -0.39 is 5.82 Å². The molecule has 0 bridgehead atoms. The Morgan fingerprint density at radius 3 is 2.44 bits per heavy atom. The fourth-order valence-electron chi connectivity index (χ4n) is 3.71. The van der Waals surface area contributed by atoms with Crippen molar-refractivity contribution >= 4 is 11.8 Å². The molecule has 1 heterocycles. The zero-order chi connectivity index (χ0) is 24.3. The van der Waals surface area contributed by atoms with Crippen molar-refractivity contribution < 1.29 is 18.7 Å². The van der Waals surface area contributed by atoms with E-state index in [9.17, 15) is 14.0 Å². The van der Waals surface area contributed by atoms with Crippen molar-refractivity contribution in [2.24, 2.45) is 7.05 Å². The molecule has 7 heteroatoms. The van der Waals surface area contributed by atoms with E-state index in [2.05, 4.69) is 0 Å². The Labute approximate surface area is 200 Å². The lowest BCUT2D eigenvalue weighted by Gasteiger charge is -2.28. The van der Waals surface area contributed by atoms with Gasteiger partial charge in [0.25, 0.3) is 5.91 Å². The van der Waals surface area contributed by atoms with Crippen LogP contribution in [0.5, 0.6) is 0 Å². The molecule has 0 fully saturated rings. The second-order valence-electron chi connectivity index (χ2n) is 8.13. The number of hydrogen-bond donors (Lipinski definition) is 0. The number of amides is 2. The summed E-state index contributed by atoms with van der Waals surface area (Å²) in [5.41, 5.74) is 2.22. The lowest BCUT2D eigenvalue weighted by Crippen LogP contribution is -2.43. The van der Waals surface area contributed by atoms with Gasteiger partial charge in [0.05, 0.1) is 6.54 Å². The number of rotatable bonds is 12. The number of hydrogen-bond acceptors (Lipinski definition) is 3. The van der Waals surface area contributed by atoms with E-state index in [1.165, 1.54) is 23.1 Å². The highest BCUT2D eigenvalue weighted by Gasteiger charge is 2.23. The molecule has 0 N–H and O–H groups in total. The van der Waals surface area contributed by atoms with Crippen LogP contribution in [0.2, 0.25) is 0 Å². The zero-order valence-corrected chi connectivity index (χ0v) is 19.8. The molecule has 2 amide bonds. The molecule has 0 atom stereocenters. The first-order chi connectivity index (χ1) is 16.5. The van der Waals surface area contributed by atoms with E-state index in [-0.39, 0.29) is 23.9 Å². The first-order valence-electron chi connectivity index (χ1n) is 11.5. The van der Waals surface area contributed by atoms with Crippen LogP contribution in [0.3, 0.4) is 0 Å². The van der Waals surface area contributed by atoms with Crippen molar-refractivity contribution in [1.29, 1.82) is 0 Å². The van der Waals surface area contributed by atoms with Crippen LogP contribution in [0.25, 0.3) is 0 Å². The molecule has 6 nitrogen and oxygen atoms in total. The third kappa shape index (κ3) is 7.28. The smallest absolute Gasteiger partial charge is 0.254 e. The zero-order valence-electron chi connectivity index (χ0n) is 19.8. The largest absolute Gasteiger partial charge is 0.382 e. The number of halogens is 1. The molecule has 0 aliphatic carbocycles. The normalized spacial score (nSPS) is 10.8. The van der Waals surface area contributed by atoms with Crippen molar-refractivity contribution in [3.8, 4) is 0 Å². The van der Waals surface area contributed by atoms with E-state index in [0.29, 0.717) is 39.3 Å². The Hall–Kier alpha value is -3.45. The first-order valence-corrected chi connectivity index (χ1v) is 11.5. The summed E-state index contributed by atoms with van der Waals surface area (Å²) >= 11 is 0. The Balaban J connectivity index is 1.80. The lowest BCUT2D eigenvalue weighted by atomic mass is 10.1. The van der Waals surface area contributed by atoms with Crippen LogP contribution >= 0.6 is 0 Å². The number of carbonyl (C=O) groups is 2. The Bertz CT molecular complexity index is 1070. The van der Waals surface area contributed by atoms with Gasteiger partial charge in [-0.1, -0.05) is 36.4 Å². The second-order valence-corrected chi connectivity index (χ2v) is 8.13. The summed E-state index contributed by atoms with van der Waals surface area (Å²) in [6.45, 7) is 4.05. The molecule has 2 aromatic carbocycles. The summed E-state index contributed by atoms with van der Waals surface area (Å²) in [7, 11) is 1.94. The van der Waals surface area contributed by atoms with E-state index in [1.807, 2.05) is 67.2 Å². The van der Waals surface area contributed by atoms with Crippen LogP contribution in [-0.4, -0.2) is 52.5 Å². The fraction of sp³-hybridized carbons (Fsp3) is 0.333. The average Bonchev–Trinajstić information content (AvgIpc) is 3.25. The monoisotopic (exact) mass is 465 g/mol. The fourth-order valence-corrected chi connectivity index (χ4v) is 3.71. The van der Waals surface area contributed by atoms with Crippen molar-refractivity contribution in [3.05, 3.63) is 95.6 Å². The van der Waals surface area contributed by atoms with Crippen molar-refractivity contribution in [3.63, 3.8) is 0 Å². The van der Waals surface area contributed by atoms with Gasteiger partial charge < -0.3 is 19.1 Å². The molecule has 0 unspecified atom stereocenters. The predicted molar refractivity (Wildman–Crippen MR) is 130 cm³/mol. The Morgan fingerprint density at radius 1 is 0.971 bits per heavy atom. The van der Waals surface area contributed by atoms with Gasteiger partial charge >= 0.3 is 0 Å². The SMILES string of the molecule is CCOCCCN(CC(=O)N(Cc1ccccc1)Cc1cccn1C)C(=O)c1cccc(F)c1. The van der Waals surface area contributed by atoms with Gasteiger partial charge in [-0.3, -0.25) is 9.59 Å². The highest BCUT2D eigenvalue weighted by molar-refractivity contribution is 5.96. The van der Waals surface area contributed by atoms with Gasteiger partial charge in [0.15, 0.2) is 0 Å². The molecular formula is C27H32FN3O3. The van der Waals surface area contributed by atoms with Crippen LogP contribution in [0, 0.1) is 5.82 Å². The molecule has 0 aliphatic heterocycles. The molecule has 180 valence electrons. The van der Waals surface area contributed by atoms with Crippen molar-refractivity contribution in [1.82, 2.24) is 14.4 Å². The lowest BCUT2D eigenvalue weighted by molar-refractivity contribution is -0.133. The standard InChI is InChI=1S/C27H32FN3O3/c1-3-34-17-9-16-30(27(33)23-12-7-13-24(28)18-23)21-26(32)31(19-22-10-5-4-6-11-22)20-25-14-8-15-29(25)2/h4-8,10-15,18H,3,9,16-17,19-21H2,1-2H3. The summed E-state index contributed by atoms with van der Waals surface area (Å²) in [4.78, 5) is 29.9. The topological polar surface area (TPSA) is 54.8 Å². The number of benzene rings is 2. The van der Waals surface area contributed by atoms with Gasteiger partial charge in [-0.25, -0.2) is 4.39 Å². The van der Waals surface area contributed by atoms with Crippen LogP contribution < -0.4 is 0 Å². The maximum absolute atomic E-state index is 13.8. The number of aryl methyl sites for hydroxylation is 1. The average molecular weight is 466 g/mol. The second kappa shape index (κ2) is 12.7. The van der Waals surface area contributed by atoms with Gasteiger partial charge in [0, 0.05) is 50.8 Å². The number of aromatic nitrogens is 1. The highest BCUT2D eigenvalue weighted by atomic mass is 19.1. The minimum absolute atomic E-state index is 0.0985. The van der Waals surface area contributed by atoms with E-state index in [4.69, 9.17) is 4.74 Å². The van der Waals surface area contributed by atoms with Crippen LogP contribution in [0.4, 0.5) is 4.39 Å². The minimum Gasteiger partial charge on any atom is -0.382 e. The van der Waals surface area contributed by atoms with Crippen LogP contribution in [0.15, 0.2) is 72.9 Å². The Kier molecular flexibility index (Phi) is 9.40. The van der Waals surface area contributed by atoms with E-state index in [1.54, 1.807) is 11.0 Å². The Morgan fingerprint density at radius 2 is 1.76 bits per heavy atom. The van der Waals surface area contributed by atoms with Crippen LogP contribution in [0.1, 0.15) is 35.0 Å². The molecule has 0 saturated carbocycles. The third-order valence-corrected chi connectivity index (χ3v) is 5.58. The molecule has 3 rings (SSSR count). The van der Waals surface area contributed by atoms with E-state index in [0.717, 1.165) is 11.3 Å². The first kappa shape index (κ1) is 25.2. The number of nitrogens with zero attached hydrogens (tertiary/aromatic N) is 3. The maximum atomic E-state index is 13.8. The molecule has 34 heavy (non-hydrogen) atoms. The van der Waals surface area contributed by atoms with Crippen molar-refractivity contribution in [2.75, 3.05) is 26.3 Å². The quantitative estimate of drug-likeness (QED) is 0.376. The molecular weight excluding hydrogens is 433 g/mol. The maximum Gasteiger partial charge on any atom is 0.254 e. The van der Waals surface area contributed by atoms with Crippen molar-refractivity contribution in [2.45, 2.75) is 26.4 Å². The number of carbonyl (C=O) groups excluding carboxylic acids is 2. The molecule has 0 aliphatic rings. The molecule has 3 aromatic rings. The summed E-state index contributed by atoms with van der Waals surface area (Å²) in [6, 6.07) is 19.2. The highest BCUT2D eigenvalue weighted by Crippen LogP contribution is 2.14. The van der Waals surface area contributed by atoms with Gasteiger partial charge in [-0.05, 0) is 49.2 Å². The van der Waals surface area contributed by atoms with Crippen LogP contribution in [-0.2, 0) is 29.7 Å².